The van der Waals surface area contributed by atoms with Crippen molar-refractivity contribution in [2.45, 2.75) is 5.41 Å². The summed E-state index contributed by atoms with van der Waals surface area (Å²) in [6.07, 6.45) is 0. The molecule has 57 heavy (non-hydrogen) atoms. The van der Waals surface area contributed by atoms with Crippen LogP contribution < -0.4 is 0 Å². The second kappa shape index (κ2) is 13.4. The summed E-state index contributed by atoms with van der Waals surface area (Å²) < 4.78 is 0. The van der Waals surface area contributed by atoms with E-state index in [1.165, 1.54) is 44.5 Å². The molecule has 0 saturated heterocycles. The molecule has 1 aliphatic carbocycles. The zero-order valence-corrected chi connectivity index (χ0v) is 31.0. The van der Waals surface area contributed by atoms with Gasteiger partial charge in [-0.05, 0) is 66.7 Å². The van der Waals surface area contributed by atoms with E-state index in [-0.39, 0.29) is 0 Å². The lowest BCUT2D eigenvalue weighted by Crippen LogP contribution is -2.28. The molecule has 1 aliphatic rings. The smallest absolute Gasteiger partial charge is 0.164 e. The number of hydrogen-bond acceptors (Lipinski definition) is 3. The SMILES string of the molecule is c1ccc(-c2nc(-c3ccccc3)nc(-c3cccc4ccc5cc(-c6cccc7c6-c6ccccc6C7(c6ccccc6)c6ccccc6)ccc5c34)n2)cc1. The Labute approximate surface area is 331 Å². The van der Waals surface area contributed by atoms with Crippen LogP contribution in [0.25, 0.3) is 78.0 Å². The minimum absolute atomic E-state index is 0.450. The number of aromatic nitrogens is 3. The maximum absolute atomic E-state index is 5.12. The second-order valence-corrected chi connectivity index (χ2v) is 14.7. The van der Waals surface area contributed by atoms with Crippen LogP contribution in [-0.4, -0.2) is 15.0 Å². The Kier molecular flexibility index (Phi) is 7.71. The van der Waals surface area contributed by atoms with Crippen molar-refractivity contribution in [3.05, 3.63) is 235 Å². The van der Waals surface area contributed by atoms with Crippen LogP contribution >= 0.6 is 0 Å². The van der Waals surface area contributed by atoms with Crippen molar-refractivity contribution in [2.24, 2.45) is 0 Å². The van der Waals surface area contributed by atoms with Gasteiger partial charge in [-0.3, -0.25) is 0 Å². The van der Waals surface area contributed by atoms with Gasteiger partial charge in [0.05, 0.1) is 5.41 Å². The van der Waals surface area contributed by atoms with Gasteiger partial charge >= 0.3 is 0 Å². The molecule has 3 heteroatoms. The number of hydrogen-bond donors (Lipinski definition) is 0. The Morgan fingerprint density at radius 3 is 1.49 bits per heavy atom. The van der Waals surface area contributed by atoms with Crippen molar-refractivity contribution in [2.75, 3.05) is 0 Å². The van der Waals surface area contributed by atoms with Crippen LogP contribution in [0.15, 0.2) is 212 Å². The van der Waals surface area contributed by atoms with E-state index in [1.807, 2.05) is 36.4 Å². The van der Waals surface area contributed by atoms with E-state index in [2.05, 4.69) is 176 Å². The van der Waals surface area contributed by atoms with E-state index >= 15 is 0 Å². The lowest BCUT2D eigenvalue weighted by Gasteiger charge is -2.34. The molecule has 1 heterocycles. The van der Waals surface area contributed by atoms with Gasteiger partial charge in [0.1, 0.15) is 0 Å². The van der Waals surface area contributed by atoms with Crippen LogP contribution in [0.1, 0.15) is 22.3 Å². The van der Waals surface area contributed by atoms with E-state index in [0.717, 1.165) is 38.2 Å². The maximum Gasteiger partial charge on any atom is 0.164 e. The maximum atomic E-state index is 5.12. The van der Waals surface area contributed by atoms with Crippen molar-refractivity contribution < 1.29 is 0 Å². The van der Waals surface area contributed by atoms with Gasteiger partial charge in [0, 0.05) is 22.1 Å². The number of benzene rings is 9. The van der Waals surface area contributed by atoms with E-state index in [1.54, 1.807) is 0 Å². The fraction of sp³-hybridized carbons (Fsp3) is 0.0185. The third-order valence-electron chi connectivity index (χ3n) is 11.6. The molecular weight excluding hydrogens is 691 g/mol. The summed E-state index contributed by atoms with van der Waals surface area (Å²) >= 11 is 0. The Hall–Kier alpha value is -7.49. The summed E-state index contributed by atoms with van der Waals surface area (Å²) in [5.74, 6) is 1.96. The Bertz CT molecular complexity index is 3010. The lowest BCUT2D eigenvalue weighted by atomic mass is 9.67. The first kappa shape index (κ1) is 32.9. The van der Waals surface area contributed by atoms with E-state index < -0.39 is 5.41 Å². The summed E-state index contributed by atoms with van der Waals surface area (Å²) in [5, 5.41) is 4.59. The Balaban J connectivity index is 1.12. The summed E-state index contributed by atoms with van der Waals surface area (Å²) in [7, 11) is 0. The van der Waals surface area contributed by atoms with Crippen molar-refractivity contribution in [1.82, 2.24) is 15.0 Å². The molecule has 10 aromatic rings. The molecule has 266 valence electrons. The van der Waals surface area contributed by atoms with Gasteiger partial charge in [-0.1, -0.05) is 206 Å². The average Bonchev–Trinajstić information content (AvgIpc) is 3.61. The number of fused-ring (bicyclic) bond motifs is 6. The van der Waals surface area contributed by atoms with E-state index in [4.69, 9.17) is 15.0 Å². The summed E-state index contributed by atoms with van der Waals surface area (Å²) in [4.78, 5) is 15.2. The van der Waals surface area contributed by atoms with Gasteiger partial charge in [0.25, 0.3) is 0 Å². The standard InChI is InChI=1S/C54H35N3/c1-5-17-37(18-6-1)51-55-52(38-19-7-2-8-20-38)57-53(56-51)46-28-15-21-36-31-32-39-35-40(33-34-44(39)49(36)46)43-27-16-30-48-50(43)45-26-13-14-29-47(45)54(48,41-22-9-3-10-23-41)42-24-11-4-12-25-42/h1-35H. The minimum atomic E-state index is -0.450. The van der Waals surface area contributed by atoms with Crippen LogP contribution in [-0.2, 0) is 5.41 Å². The molecule has 0 unspecified atom stereocenters. The van der Waals surface area contributed by atoms with Crippen molar-refractivity contribution in [3.63, 3.8) is 0 Å². The van der Waals surface area contributed by atoms with Crippen molar-refractivity contribution in [1.29, 1.82) is 0 Å². The van der Waals surface area contributed by atoms with Crippen LogP contribution in [0, 0.1) is 0 Å². The van der Waals surface area contributed by atoms with E-state index in [0.29, 0.717) is 17.5 Å². The fourth-order valence-electron chi connectivity index (χ4n) is 9.13. The number of nitrogens with zero attached hydrogens (tertiary/aromatic N) is 3. The summed E-state index contributed by atoms with van der Waals surface area (Å²) in [6.45, 7) is 0. The lowest BCUT2D eigenvalue weighted by molar-refractivity contribution is 0.768. The van der Waals surface area contributed by atoms with Crippen LogP contribution in [0.4, 0.5) is 0 Å². The average molecular weight is 726 g/mol. The molecule has 0 N–H and O–H groups in total. The molecular formula is C54H35N3. The van der Waals surface area contributed by atoms with E-state index in [9.17, 15) is 0 Å². The van der Waals surface area contributed by atoms with Gasteiger partial charge in [0.15, 0.2) is 17.5 Å². The third kappa shape index (κ3) is 5.24. The summed E-state index contributed by atoms with van der Waals surface area (Å²) in [6, 6.07) is 76.0. The topological polar surface area (TPSA) is 38.7 Å². The molecule has 0 atom stereocenters. The van der Waals surface area contributed by atoms with Crippen molar-refractivity contribution in [3.8, 4) is 56.4 Å². The normalized spacial score (nSPS) is 12.7. The highest BCUT2D eigenvalue weighted by Gasteiger charge is 2.46. The Morgan fingerprint density at radius 2 is 0.825 bits per heavy atom. The Morgan fingerprint density at radius 1 is 0.316 bits per heavy atom. The number of rotatable bonds is 6. The zero-order valence-electron chi connectivity index (χ0n) is 31.0. The molecule has 3 nitrogen and oxygen atoms in total. The fourth-order valence-corrected chi connectivity index (χ4v) is 9.13. The second-order valence-electron chi connectivity index (χ2n) is 14.7. The monoisotopic (exact) mass is 725 g/mol. The van der Waals surface area contributed by atoms with Gasteiger partial charge in [-0.25, -0.2) is 15.0 Å². The first-order chi connectivity index (χ1) is 28.3. The molecule has 0 fully saturated rings. The predicted octanol–water partition coefficient (Wildman–Crippen LogP) is 13.2. The van der Waals surface area contributed by atoms with Crippen LogP contribution in [0.2, 0.25) is 0 Å². The summed E-state index contributed by atoms with van der Waals surface area (Å²) in [5.41, 5.74) is 12.5. The molecule has 11 rings (SSSR count). The first-order valence-corrected chi connectivity index (χ1v) is 19.4. The van der Waals surface area contributed by atoms with Crippen molar-refractivity contribution >= 4 is 21.5 Å². The predicted molar refractivity (Wildman–Crippen MR) is 234 cm³/mol. The molecule has 0 bridgehead atoms. The molecule has 0 aliphatic heterocycles. The molecule has 0 radical (unpaired) electrons. The highest BCUT2D eigenvalue weighted by Crippen LogP contribution is 2.58. The zero-order chi connectivity index (χ0) is 37.8. The molecule has 9 aromatic carbocycles. The molecule has 0 amide bonds. The molecule has 0 saturated carbocycles. The van der Waals surface area contributed by atoms with Gasteiger partial charge in [-0.2, -0.15) is 0 Å². The molecule has 1 aromatic heterocycles. The first-order valence-electron chi connectivity index (χ1n) is 19.4. The quantitative estimate of drug-likeness (QED) is 0.160. The van der Waals surface area contributed by atoms with Crippen LogP contribution in [0.5, 0.6) is 0 Å². The van der Waals surface area contributed by atoms with Crippen LogP contribution in [0.3, 0.4) is 0 Å². The van der Waals surface area contributed by atoms with Gasteiger partial charge in [-0.15, -0.1) is 0 Å². The molecule has 0 spiro atoms. The van der Waals surface area contributed by atoms with Gasteiger partial charge in [0.2, 0.25) is 0 Å². The highest BCUT2D eigenvalue weighted by molar-refractivity contribution is 6.14. The minimum Gasteiger partial charge on any atom is -0.208 e. The third-order valence-corrected chi connectivity index (χ3v) is 11.6. The largest absolute Gasteiger partial charge is 0.208 e. The highest BCUT2D eigenvalue weighted by atomic mass is 15.0. The van der Waals surface area contributed by atoms with Gasteiger partial charge < -0.3 is 0 Å².